The van der Waals surface area contributed by atoms with Gasteiger partial charge >= 0.3 is 5.97 Å². The van der Waals surface area contributed by atoms with Gasteiger partial charge in [-0.05, 0) is 49.3 Å². The lowest BCUT2D eigenvalue weighted by Gasteiger charge is -2.26. The molecule has 4 rings (SSSR count). The molecular weight excluding hydrogens is 454 g/mol. The van der Waals surface area contributed by atoms with Gasteiger partial charge in [-0.25, -0.2) is 4.98 Å². The third-order valence-corrected chi connectivity index (χ3v) is 8.67. The second kappa shape index (κ2) is 9.17. The Morgan fingerprint density at radius 2 is 1.88 bits per heavy atom. The summed E-state index contributed by atoms with van der Waals surface area (Å²) in [5, 5.41) is -0.0416. The largest absolute Gasteiger partial charge is 0.450 e. The lowest BCUT2D eigenvalue weighted by Crippen LogP contribution is -2.38. The van der Waals surface area contributed by atoms with Crippen LogP contribution in [-0.4, -0.2) is 42.4 Å². The molecule has 0 radical (unpaired) electrons. The predicted octanol–water partition coefficient (Wildman–Crippen LogP) is 3.82. The van der Waals surface area contributed by atoms with E-state index in [2.05, 4.69) is 4.98 Å². The van der Waals surface area contributed by atoms with Crippen LogP contribution in [0.25, 0.3) is 0 Å². The highest BCUT2D eigenvalue weighted by Gasteiger charge is 2.58. The monoisotopic (exact) mass is 487 g/mol. The standard InChI is InChI=1S/C25H33N3O5S/c1-5-12-25(13-6-2)23(29)22(24(30)33-25)21(17-10-11-17)18-8-7-9-19(14-18)28(4)34(31,32)20-15-27(3)16-26-20/h7-9,14-17,21-22H,5-6,10-13H2,1-4H3. The summed E-state index contributed by atoms with van der Waals surface area (Å²) in [6.45, 7) is 3.98. The number of aromatic nitrogens is 2. The highest BCUT2D eigenvalue weighted by molar-refractivity contribution is 7.92. The van der Waals surface area contributed by atoms with Gasteiger partial charge in [-0.2, -0.15) is 8.42 Å². The summed E-state index contributed by atoms with van der Waals surface area (Å²) in [4.78, 5) is 30.8. The molecule has 9 heteroatoms. The second-order valence-corrected chi connectivity index (χ2v) is 11.5. The van der Waals surface area contributed by atoms with E-state index < -0.39 is 27.5 Å². The number of rotatable bonds is 10. The molecular formula is C25H33N3O5S. The molecule has 0 spiro atoms. The first-order valence-electron chi connectivity index (χ1n) is 12.0. The molecule has 8 nitrogen and oxygen atoms in total. The summed E-state index contributed by atoms with van der Waals surface area (Å²) in [7, 11) is -0.655. The first kappa shape index (κ1) is 24.4. The number of anilines is 1. The Hall–Kier alpha value is -2.68. The van der Waals surface area contributed by atoms with Crippen LogP contribution in [0.1, 0.15) is 63.9 Å². The van der Waals surface area contributed by atoms with E-state index in [-0.39, 0.29) is 22.6 Å². The smallest absolute Gasteiger partial charge is 0.318 e. The third-order valence-electron chi connectivity index (χ3n) is 7.00. The van der Waals surface area contributed by atoms with Crippen molar-refractivity contribution in [2.45, 2.75) is 68.9 Å². The van der Waals surface area contributed by atoms with Gasteiger partial charge in [-0.15, -0.1) is 0 Å². The van der Waals surface area contributed by atoms with Crippen molar-refractivity contribution in [3.8, 4) is 0 Å². The average Bonchev–Trinajstić information content (AvgIpc) is 3.49. The maximum Gasteiger partial charge on any atom is 0.318 e. The Balaban J connectivity index is 1.69. The quantitative estimate of drug-likeness (QED) is 0.373. The number of hydrogen-bond donors (Lipinski definition) is 0. The van der Waals surface area contributed by atoms with Crippen molar-refractivity contribution < 1.29 is 22.7 Å². The minimum absolute atomic E-state index is 0.0416. The topological polar surface area (TPSA) is 98.6 Å². The lowest BCUT2D eigenvalue weighted by molar-refractivity contribution is -0.154. The molecule has 1 saturated carbocycles. The first-order chi connectivity index (χ1) is 16.1. The molecule has 2 heterocycles. The molecule has 2 aromatic rings. The number of imidazole rings is 1. The maximum absolute atomic E-state index is 13.7. The van der Waals surface area contributed by atoms with E-state index in [0.717, 1.165) is 31.2 Å². The minimum atomic E-state index is -3.85. The van der Waals surface area contributed by atoms with E-state index in [1.165, 1.54) is 23.9 Å². The molecule has 0 bridgehead atoms. The molecule has 2 aliphatic rings. The van der Waals surface area contributed by atoms with Crippen LogP contribution in [0, 0.1) is 11.8 Å². The van der Waals surface area contributed by atoms with Crippen molar-refractivity contribution in [1.82, 2.24) is 9.55 Å². The van der Waals surface area contributed by atoms with Crippen LogP contribution in [0.15, 0.2) is 41.8 Å². The summed E-state index contributed by atoms with van der Waals surface area (Å²) in [6.07, 6.45) is 7.34. The molecule has 1 aliphatic heterocycles. The van der Waals surface area contributed by atoms with Crippen LogP contribution in [0.4, 0.5) is 5.69 Å². The Labute approximate surface area is 201 Å². The van der Waals surface area contributed by atoms with E-state index in [9.17, 15) is 18.0 Å². The van der Waals surface area contributed by atoms with Crippen molar-refractivity contribution >= 4 is 27.5 Å². The van der Waals surface area contributed by atoms with E-state index in [0.29, 0.717) is 18.5 Å². The molecule has 34 heavy (non-hydrogen) atoms. The molecule has 2 fully saturated rings. The number of benzene rings is 1. The number of hydrogen-bond acceptors (Lipinski definition) is 6. The van der Waals surface area contributed by atoms with Crippen molar-refractivity contribution in [3.05, 3.63) is 42.4 Å². The molecule has 1 aromatic heterocycles. The highest BCUT2D eigenvalue weighted by atomic mass is 32.2. The number of ketones is 1. The fraction of sp³-hybridized carbons (Fsp3) is 0.560. The number of esters is 1. The summed E-state index contributed by atoms with van der Waals surface area (Å²) in [6, 6.07) is 7.15. The number of Topliss-reactive ketones (excluding diaryl/α,β-unsaturated/α-hetero) is 1. The zero-order chi connectivity index (χ0) is 24.7. The summed E-state index contributed by atoms with van der Waals surface area (Å²) in [5.74, 6) is -1.52. The van der Waals surface area contributed by atoms with E-state index in [1.807, 2.05) is 19.9 Å². The number of aryl methyl sites for hydroxylation is 1. The molecule has 1 aliphatic carbocycles. The Morgan fingerprint density at radius 1 is 1.21 bits per heavy atom. The van der Waals surface area contributed by atoms with E-state index in [4.69, 9.17) is 4.74 Å². The third kappa shape index (κ3) is 4.26. The van der Waals surface area contributed by atoms with Gasteiger partial charge < -0.3 is 9.30 Å². The summed E-state index contributed by atoms with van der Waals surface area (Å²) in [5.41, 5.74) is 0.220. The number of cyclic esters (lactones) is 1. The Kier molecular flexibility index (Phi) is 6.59. The Bertz CT molecular complexity index is 1180. The van der Waals surface area contributed by atoms with Crippen molar-refractivity contribution in [2.24, 2.45) is 18.9 Å². The summed E-state index contributed by atoms with van der Waals surface area (Å²) >= 11 is 0. The predicted molar refractivity (Wildman–Crippen MR) is 128 cm³/mol. The molecule has 0 amide bonds. The van der Waals surface area contributed by atoms with Crippen molar-refractivity contribution in [3.63, 3.8) is 0 Å². The minimum Gasteiger partial charge on any atom is -0.450 e. The normalized spacial score (nSPS) is 20.9. The van der Waals surface area contributed by atoms with Gasteiger partial charge in [0.05, 0.1) is 12.0 Å². The lowest BCUT2D eigenvalue weighted by atomic mass is 9.75. The van der Waals surface area contributed by atoms with E-state index in [1.54, 1.807) is 29.8 Å². The molecule has 184 valence electrons. The molecule has 2 atom stereocenters. The average molecular weight is 488 g/mol. The summed E-state index contributed by atoms with van der Waals surface area (Å²) < 4.78 is 34.8. The van der Waals surface area contributed by atoms with Crippen LogP contribution < -0.4 is 4.31 Å². The molecule has 1 saturated heterocycles. The number of carbonyl (C=O) groups is 2. The van der Waals surface area contributed by atoms with Gasteiger partial charge in [0.25, 0.3) is 10.0 Å². The number of ether oxygens (including phenoxy) is 1. The zero-order valence-electron chi connectivity index (χ0n) is 20.2. The van der Waals surface area contributed by atoms with Gasteiger partial charge in [0.2, 0.25) is 0 Å². The second-order valence-electron chi connectivity index (χ2n) is 9.57. The zero-order valence-corrected chi connectivity index (χ0v) is 21.0. The van der Waals surface area contributed by atoms with Crippen LogP contribution in [0.2, 0.25) is 0 Å². The SMILES string of the molecule is CCCC1(CCC)OC(=O)C(C(c2cccc(N(C)S(=O)(=O)c3cn(C)cn3)c2)C2CC2)C1=O. The van der Waals surface area contributed by atoms with Crippen molar-refractivity contribution in [2.75, 3.05) is 11.4 Å². The van der Waals surface area contributed by atoms with Crippen LogP contribution >= 0.6 is 0 Å². The number of carbonyl (C=O) groups excluding carboxylic acids is 2. The van der Waals surface area contributed by atoms with Gasteiger partial charge in [0, 0.05) is 26.2 Å². The fourth-order valence-corrected chi connectivity index (χ4v) is 6.36. The molecule has 2 unspecified atom stereocenters. The van der Waals surface area contributed by atoms with Gasteiger partial charge in [0.15, 0.2) is 16.4 Å². The number of nitrogens with zero attached hydrogens (tertiary/aromatic N) is 3. The van der Waals surface area contributed by atoms with Gasteiger partial charge in [0.1, 0.15) is 5.92 Å². The van der Waals surface area contributed by atoms with Crippen LogP contribution in [0.5, 0.6) is 0 Å². The highest BCUT2D eigenvalue weighted by Crippen LogP contribution is 2.52. The van der Waals surface area contributed by atoms with Gasteiger partial charge in [-0.1, -0.05) is 38.8 Å². The molecule has 0 N–H and O–H groups in total. The molecule has 1 aromatic carbocycles. The van der Waals surface area contributed by atoms with E-state index >= 15 is 0 Å². The van der Waals surface area contributed by atoms with Crippen LogP contribution in [0.3, 0.4) is 0 Å². The van der Waals surface area contributed by atoms with Gasteiger partial charge in [-0.3, -0.25) is 13.9 Å². The maximum atomic E-state index is 13.7. The fourth-order valence-electron chi connectivity index (χ4n) is 5.21. The van der Waals surface area contributed by atoms with Crippen LogP contribution in [-0.2, 0) is 31.4 Å². The Morgan fingerprint density at radius 3 is 2.44 bits per heavy atom. The first-order valence-corrected chi connectivity index (χ1v) is 13.4. The van der Waals surface area contributed by atoms with Crippen molar-refractivity contribution in [1.29, 1.82) is 0 Å². The number of sulfonamides is 1.